The molecule has 0 spiro atoms. The number of nitrogens with zero attached hydrogens (tertiary/aromatic N) is 1. The molecule has 0 bridgehead atoms. The fourth-order valence-electron chi connectivity index (χ4n) is 2.09. The number of aliphatic carboxylic acids is 1. The topological polar surface area (TPSA) is 49.8 Å². The number of ether oxygens (including phenoxy) is 1. The van der Waals surface area contributed by atoms with Crippen molar-refractivity contribution in [3.63, 3.8) is 0 Å². The molecule has 2 rings (SSSR count). The maximum atomic E-state index is 10.8. The molecule has 6 heteroatoms. The van der Waals surface area contributed by atoms with Crippen LogP contribution in [0.3, 0.4) is 0 Å². The van der Waals surface area contributed by atoms with Crippen LogP contribution in [0, 0.1) is 5.92 Å². The predicted molar refractivity (Wildman–Crippen MR) is 76.4 cm³/mol. The third-order valence-corrected chi connectivity index (χ3v) is 3.33. The second-order valence-electron chi connectivity index (χ2n) is 4.43. The van der Waals surface area contributed by atoms with Crippen LogP contribution in [-0.4, -0.2) is 42.2 Å². The van der Waals surface area contributed by atoms with E-state index in [-0.39, 0.29) is 18.3 Å². The van der Waals surface area contributed by atoms with Crippen LogP contribution in [0.25, 0.3) is 0 Å². The lowest BCUT2D eigenvalue weighted by atomic mass is 10.1. The second kappa shape index (κ2) is 7.58. The van der Waals surface area contributed by atoms with Gasteiger partial charge in [0.05, 0.1) is 5.92 Å². The minimum Gasteiger partial charge on any atom is -0.492 e. The summed E-state index contributed by atoms with van der Waals surface area (Å²) >= 11 is 5.85. The van der Waals surface area contributed by atoms with E-state index in [0.717, 1.165) is 25.3 Å². The Morgan fingerprint density at radius 1 is 1.53 bits per heavy atom. The first-order valence-corrected chi connectivity index (χ1v) is 6.36. The first kappa shape index (κ1) is 16.1. The van der Waals surface area contributed by atoms with Crippen molar-refractivity contribution in [3.05, 3.63) is 29.3 Å². The van der Waals surface area contributed by atoms with Gasteiger partial charge < -0.3 is 9.84 Å². The van der Waals surface area contributed by atoms with Crippen molar-refractivity contribution in [2.75, 3.05) is 26.2 Å². The number of carbonyl (C=O) groups is 1. The van der Waals surface area contributed by atoms with Crippen molar-refractivity contribution in [1.82, 2.24) is 4.90 Å². The van der Waals surface area contributed by atoms with Gasteiger partial charge in [-0.1, -0.05) is 17.7 Å². The van der Waals surface area contributed by atoms with Gasteiger partial charge in [0.1, 0.15) is 12.4 Å². The highest BCUT2D eigenvalue weighted by molar-refractivity contribution is 6.30. The van der Waals surface area contributed by atoms with E-state index in [4.69, 9.17) is 21.4 Å². The minimum atomic E-state index is -0.701. The molecule has 1 N–H and O–H groups in total. The van der Waals surface area contributed by atoms with Gasteiger partial charge >= 0.3 is 5.97 Å². The van der Waals surface area contributed by atoms with Gasteiger partial charge in [0, 0.05) is 18.1 Å². The van der Waals surface area contributed by atoms with E-state index in [0.29, 0.717) is 18.2 Å². The molecule has 1 aliphatic rings. The van der Waals surface area contributed by atoms with E-state index < -0.39 is 5.97 Å². The van der Waals surface area contributed by atoms with Crippen molar-refractivity contribution in [3.8, 4) is 5.75 Å². The molecule has 4 nitrogen and oxygen atoms in total. The maximum absolute atomic E-state index is 10.8. The molecule has 0 aliphatic carbocycles. The molecule has 1 aromatic carbocycles. The fraction of sp³-hybridized carbons (Fsp3) is 0.462. The third-order valence-electron chi connectivity index (χ3n) is 3.09. The lowest BCUT2D eigenvalue weighted by Crippen LogP contribution is -2.27. The van der Waals surface area contributed by atoms with Crippen molar-refractivity contribution < 1.29 is 14.6 Å². The van der Waals surface area contributed by atoms with Crippen LogP contribution in [0.5, 0.6) is 5.75 Å². The zero-order valence-electron chi connectivity index (χ0n) is 10.4. The average molecular weight is 306 g/mol. The van der Waals surface area contributed by atoms with Gasteiger partial charge in [-0.2, -0.15) is 0 Å². The summed E-state index contributed by atoms with van der Waals surface area (Å²) in [6, 6.07) is 7.27. The summed E-state index contributed by atoms with van der Waals surface area (Å²) in [4.78, 5) is 12.9. The maximum Gasteiger partial charge on any atom is 0.307 e. The molecule has 1 unspecified atom stereocenters. The predicted octanol–water partition coefficient (Wildman–Crippen LogP) is 2.55. The normalized spacial score (nSPS) is 18.9. The Balaban J connectivity index is 0.00000180. The fourth-order valence-corrected chi connectivity index (χ4v) is 2.27. The summed E-state index contributed by atoms with van der Waals surface area (Å²) in [6.07, 6.45) is 0.729. The molecular formula is C13H17Cl2NO3. The summed E-state index contributed by atoms with van der Waals surface area (Å²) in [7, 11) is 0. The Hall–Kier alpha value is -0.970. The summed E-state index contributed by atoms with van der Waals surface area (Å²) in [6.45, 7) is 2.74. The first-order chi connectivity index (χ1) is 8.65. The Labute approximate surface area is 123 Å². The van der Waals surface area contributed by atoms with Crippen LogP contribution >= 0.6 is 24.0 Å². The smallest absolute Gasteiger partial charge is 0.307 e. The molecule has 0 aromatic heterocycles. The zero-order valence-corrected chi connectivity index (χ0v) is 12.0. The lowest BCUT2D eigenvalue weighted by molar-refractivity contribution is -0.141. The summed E-state index contributed by atoms with van der Waals surface area (Å²) < 4.78 is 5.57. The van der Waals surface area contributed by atoms with Crippen LogP contribution in [0.4, 0.5) is 0 Å². The first-order valence-electron chi connectivity index (χ1n) is 5.98. The molecule has 0 radical (unpaired) electrons. The Bertz CT molecular complexity index is 428. The number of rotatable bonds is 5. The molecule has 106 valence electrons. The number of likely N-dealkylation sites (tertiary alicyclic amines) is 1. The Kier molecular flexibility index (Phi) is 6.42. The molecule has 1 atom stereocenters. The van der Waals surface area contributed by atoms with Gasteiger partial charge in [-0.05, 0) is 31.2 Å². The highest BCUT2D eigenvalue weighted by Gasteiger charge is 2.27. The monoisotopic (exact) mass is 305 g/mol. The molecular weight excluding hydrogens is 289 g/mol. The largest absolute Gasteiger partial charge is 0.492 e. The minimum absolute atomic E-state index is 0. The third kappa shape index (κ3) is 4.90. The van der Waals surface area contributed by atoms with Crippen LogP contribution in [0.2, 0.25) is 5.02 Å². The Morgan fingerprint density at radius 3 is 2.95 bits per heavy atom. The van der Waals surface area contributed by atoms with E-state index >= 15 is 0 Å². The zero-order chi connectivity index (χ0) is 13.0. The van der Waals surface area contributed by atoms with Crippen LogP contribution < -0.4 is 4.74 Å². The van der Waals surface area contributed by atoms with E-state index in [1.807, 2.05) is 12.1 Å². The summed E-state index contributed by atoms with van der Waals surface area (Å²) in [5.41, 5.74) is 0. The van der Waals surface area contributed by atoms with Crippen LogP contribution in [0.1, 0.15) is 6.42 Å². The van der Waals surface area contributed by atoms with E-state index in [1.54, 1.807) is 12.1 Å². The van der Waals surface area contributed by atoms with Gasteiger partial charge in [0.15, 0.2) is 0 Å². The molecule has 0 amide bonds. The van der Waals surface area contributed by atoms with Gasteiger partial charge in [-0.3, -0.25) is 9.69 Å². The molecule has 1 heterocycles. The van der Waals surface area contributed by atoms with E-state index in [2.05, 4.69) is 4.90 Å². The summed E-state index contributed by atoms with van der Waals surface area (Å²) in [5, 5.41) is 9.54. The lowest BCUT2D eigenvalue weighted by Gasteiger charge is -2.15. The molecule has 1 fully saturated rings. The van der Waals surface area contributed by atoms with Crippen molar-refractivity contribution in [1.29, 1.82) is 0 Å². The Morgan fingerprint density at radius 2 is 2.32 bits per heavy atom. The van der Waals surface area contributed by atoms with Gasteiger partial charge in [-0.25, -0.2) is 0 Å². The van der Waals surface area contributed by atoms with E-state index in [1.165, 1.54) is 0 Å². The number of halogens is 2. The van der Waals surface area contributed by atoms with Crippen molar-refractivity contribution in [2.45, 2.75) is 6.42 Å². The van der Waals surface area contributed by atoms with Crippen LogP contribution in [-0.2, 0) is 4.79 Å². The second-order valence-corrected chi connectivity index (χ2v) is 4.87. The highest BCUT2D eigenvalue weighted by atomic mass is 35.5. The number of carboxylic acids is 1. The molecule has 19 heavy (non-hydrogen) atoms. The van der Waals surface area contributed by atoms with Gasteiger partial charge in [0.25, 0.3) is 0 Å². The number of benzene rings is 1. The quantitative estimate of drug-likeness (QED) is 0.908. The highest BCUT2D eigenvalue weighted by Crippen LogP contribution is 2.18. The van der Waals surface area contributed by atoms with Gasteiger partial charge in [-0.15, -0.1) is 12.4 Å². The molecule has 1 aliphatic heterocycles. The van der Waals surface area contributed by atoms with Gasteiger partial charge in [0.2, 0.25) is 0 Å². The van der Waals surface area contributed by atoms with Crippen LogP contribution in [0.15, 0.2) is 24.3 Å². The molecule has 1 saturated heterocycles. The number of carboxylic acid groups (broad SMARTS) is 1. The SMILES string of the molecule is Cl.O=C(O)C1CCN(CCOc2cccc(Cl)c2)C1. The standard InChI is InChI=1S/C13H16ClNO3.ClH/c14-11-2-1-3-12(8-11)18-7-6-15-5-4-10(9-15)13(16)17;/h1-3,8,10H,4-7,9H2,(H,16,17);1H. The van der Waals surface area contributed by atoms with Crippen molar-refractivity contribution >= 4 is 30.0 Å². The average Bonchev–Trinajstić information content (AvgIpc) is 2.78. The van der Waals surface area contributed by atoms with Crippen molar-refractivity contribution in [2.24, 2.45) is 5.92 Å². The number of hydrogen-bond acceptors (Lipinski definition) is 3. The summed E-state index contributed by atoms with van der Waals surface area (Å²) in [5.74, 6) is -0.180. The molecule has 1 aromatic rings. The molecule has 0 saturated carbocycles. The van der Waals surface area contributed by atoms with E-state index in [9.17, 15) is 4.79 Å². The number of hydrogen-bond donors (Lipinski definition) is 1.